The van der Waals surface area contributed by atoms with E-state index in [1.54, 1.807) is 13.8 Å². The first-order chi connectivity index (χ1) is 12.7. The maximum Gasteiger partial charge on any atom is 0.416 e. The summed E-state index contributed by atoms with van der Waals surface area (Å²) in [6.07, 6.45) is -1.33. The minimum atomic E-state index is -4.42. The van der Waals surface area contributed by atoms with E-state index in [9.17, 15) is 22.8 Å². The largest absolute Gasteiger partial charge is 0.465 e. The van der Waals surface area contributed by atoms with Crippen molar-refractivity contribution in [3.63, 3.8) is 0 Å². The molecule has 0 aromatic heterocycles. The first-order valence-electron chi connectivity index (χ1n) is 9.21. The van der Waals surface area contributed by atoms with Gasteiger partial charge in [0.2, 0.25) is 0 Å². The minimum absolute atomic E-state index is 0.207. The maximum atomic E-state index is 12.6. The van der Waals surface area contributed by atoms with E-state index in [0.29, 0.717) is 5.56 Å². The third kappa shape index (κ3) is 6.26. The molecule has 1 aromatic carbocycles. The Bertz CT molecular complexity index is 605. The lowest BCUT2D eigenvalue weighted by Gasteiger charge is -2.27. The van der Waals surface area contributed by atoms with Gasteiger partial charge in [0.15, 0.2) is 5.41 Å². The summed E-state index contributed by atoms with van der Waals surface area (Å²) in [6, 6.07) is 4.35. The van der Waals surface area contributed by atoms with Crippen LogP contribution in [0.1, 0.15) is 64.0 Å². The number of carbonyl (C=O) groups is 2. The van der Waals surface area contributed by atoms with Crippen molar-refractivity contribution in [1.82, 2.24) is 0 Å². The van der Waals surface area contributed by atoms with E-state index >= 15 is 0 Å². The van der Waals surface area contributed by atoms with Gasteiger partial charge >= 0.3 is 18.1 Å². The second-order valence-corrected chi connectivity index (χ2v) is 6.40. The Labute approximate surface area is 158 Å². The SMILES string of the molecule is CCCCCOC(=O)C(CC)(CC)C(=O)OCc1ccc(C(F)(F)F)cc1. The molecule has 152 valence electrons. The van der Waals surface area contributed by atoms with Gasteiger partial charge in [0.05, 0.1) is 12.2 Å². The first-order valence-corrected chi connectivity index (χ1v) is 9.21. The number of hydrogen-bond acceptors (Lipinski definition) is 4. The first kappa shape index (κ1) is 23.0. The number of ether oxygens (including phenoxy) is 2. The van der Waals surface area contributed by atoms with Gasteiger partial charge in [-0.1, -0.05) is 45.7 Å². The molecule has 0 aliphatic rings. The predicted molar refractivity (Wildman–Crippen MR) is 94.7 cm³/mol. The van der Waals surface area contributed by atoms with E-state index < -0.39 is 29.1 Å². The van der Waals surface area contributed by atoms with Crippen molar-refractivity contribution in [3.8, 4) is 0 Å². The van der Waals surface area contributed by atoms with Crippen molar-refractivity contribution in [2.24, 2.45) is 5.41 Å². The van der Waals surface area contributed by atoms with Crippen LogP contribution < -0.4 is 0 Å². The second kappa shape index (κ2) is 10.3. The smallest absolute Gasteiger partial charge is 0.416 e. The molecule has 1 rings (SSSR count). The third-order valence-corrected chi connectivity index (χ3v) is 4.62. The summed E-state index contributed by atoms with van der Waals surface area (Å²) >= 11 is 0. The number of rotatable bonds is 10. The van der Waals surface area contributed by atoms with Crippen molar-refractivity contribution in [2.45, 2.75) is 65.7 Å². The van der Waals surface area contributed by atoms with Crippen LogP contribution in [0.5, 0.6) is 0 Å². The number of carbonyl (C=O) groups excluding carboxylic acids is 2. The van der Waals surface area contributed by atoms with Gasteiger partial charge in [-0.15, -0.1) is 0 Å². The Hall–Kier alpha value is -2.05. The fraction of sp³-hybridized carbons (Fsp3) is 0.600. The third-order valence-electron chi connectivity index (χ3n) is 4.62. The van der Waals surface area contributed by atoms with Crippen molar-refractivity contribution < 1.29 is 32.2 Å². The Morgan fingerprint density at radius 1 is 0.889 bits per heavy atom. The zero-order chi connectivity index (χ0) is 20.5. The highest BCUT2D eigenvalue weighted by molar-refractivity contribution is 5.99. The van der Waals surface area contributed by atoms with Crippen molar-refractivity contribution in [2.75, 3.05) is 6.61 Å². The van der Waals surface area contributed by atoms with Crippen LogP contribution in [0.2, 0.25) is 0 Å². The molecular weight excluding hydrogens is 361 g/mol. The molecule has 1 aromatic rings. The summed E-state index contributed by atoms with van der Waals surface area (Å²) in [6.45, 7) is 5.48. The van der Waals surface area contributed by atoms with Crippen LogP contribution in [0.3, 0.4) is 0 Å². The topological polar surface area (TPSA) is 52.6 Å². The molecule has 0 aliphatic heterocycles. The molecule has 0 fully saturated rings. The van der Waals surface area contributed by atoms with E-state index in [1.165, 1.54) is 12.1 Å². The molecule has 0 bridgehead atoms. The summed E-state index contributed by atoms with van der Waals surface area (Å²) in [5.74, 6) is -1.33. The van der Waals surface area contributed by atoms with E-state index in [0.717, 1.165) is 31.4 Å². The van der Waals surface area contributed by atoms with Gasteiger partial charge in [-0.2, -0.15) is 13.2 Å². The van der Waals surface area contributed by atoms with Gasteiger partial charge in [-0.05, 0) is 37.0 Å². The van der Waals surface area contributed by atoms with Crippen LogP contribution in [0, 0.1) is 5.41 Å². The summed E-state index contributed by atoms with van der Waals surface area (Å²) < 4.78 is 48.2. The summed E-state index contributed by atoms with van der Waals surface area (Å²) in [5, 5.41) is 0. The molecule has 0 N–H and O–H groups in total. The van der Waals surface area contributed by atoms with Crippen LogP contribution in [-0.2, 0) is 31.8 Å². The van der Waals surface area contributed by atoms with Crippen LogP contribution in [0.15, 0.2) is 24.3 Å². The molecule has 7 heteroatoms. The summed E-state index contributed by atoms with van der Waals surface area (Å²) in [7, 11) is 0. The van der Waals surface area contributed by atoms with Crippen LogP contribution in [0.25, 0.3) is 0 Å². The van der Waals surface area contributed by atoms with Gasteiger partial charge < -0.3 is 9.47 Å². The lowest BCUT2D eigenvalue weighted by atomic mass is 9.82. The van der Waals surface area contributed by atoms with Crippen LogP contribution in [-0.4, -0.2) is 18.5 Å². The quantitative estimate of drug-likeness (QED) is 0.311. The van der Waals surface area contributed by atoms with E-state index in [4.69, 9.17) is 9.47 Å². The molecule has 0 atom stereocenters. The highest BCUT2D eigenvalue weighted by Gasteiger charge is 2.45. The van der Waals surface area contributed by atoms with Crippen molar-refractivity contribution in [3.05, 3.63) is 35.4 Å². The monoisotopic (exact) mass is 388 g/mol. The Morgan fingerprint density at radius 3 is 1.93 bits per heavy atom. The van der Waals surface area contributed by atoms with Gasteiger partial charge in [-0.25, -0.2) is 0 Å². The average Bonchev–Trinajstić information content (AvgIpc) is 2.64. The highest BCUT2D eigenvalue weighted by atomic mass is 19.4. The molecule has 0 heterocycles. The summed E-state index contributed by atoms with van der Waals surface area (Å²) in [5.41, 5.74) is -1.75. The number of esters is 2. The molecule has 0 unspecified atom stereocenters. The maximum absolute atomic E-state index is 12.6. The standard InChI is InChI=1S/C20H27F3O4/c1-4-7-8-13-26-17(24)19(5-2,6-3)18(25)27-14-15-9-11-16(12-10-15)20(21,22)23/h9-12H,4-8,13-14H2,1-3H3. The predicted octanol–water partition coefficient (Wildman–Crippen LogP) is 5.29. The number of hydrogen-bond donors (Lipinski definition) is 0. The molecule has 0 amide bonds. The fourth-order valence-corrected chi connectivity index (χ4v) is 2.64. The van der Waals surface area contributed by atoms with E-state index in [1.807, 2.05) is 6.92 Å². The normalized spacial score (nSPS) is 11.9. The molecular formula is C20H27F3O4. The number of halogens is 3. The van der Waals surface area contributed by atoms with Crippen molar-refractivity contribution in [1.29, 1.82) is 0 Å². The van der Waals surface area contributed by atoms with E-state index in [-0.39, 0.29) is 26.1 Å². The molecule has 27 heavy (non-hydrogen) atoms. The van der Waals surface area contributed by atoms with E-state index in [2.05, 4.69) is 0 Å². The van der Waals surface area contributed by atoms with Gasteiger partial charge in [0.1, 0.15) is 6.61 Å². The molecule has 0 radical (unpaired) electrons. The number of unbranched alkanes of at least 4 members (excludes halogenated alkanes) is 2. The highest BCUT2D eigenvalue weighted by Crippen LogP contribution is 2.31. The number of alkyl halides is 3. The molecule has 0 aliphatic carbocycles. The molecule has 0 saturated heterocycles. The lowest BCUT2D eigenvalue weighted by molar-refractivity contribution is -0.174. The van der Waals surface area contributed by atoms with Crippen LogP contribution in [0.4, 0.5) is 13.2 Å². The molecule has 4 nitrogen and oxygen atoms in total. The summed E-state index contributed by atoms with van der Waals surface area (Å²) in [4.78, 5) is 25.0. The molecule has 0 spiro atoms. The van der Waals surface area contributed by atoms with Gasteiger partial charge in [0.25, 0.3) is 0 Å². The van der Waals surface area contributed by atoms with Crippen molar-refractivity contribution >= 4 is 11.9 Å². The number of benzene rings is 1. The average molecular weight is 388 g/mol. The second-order valence-electron chi connectivity index (χ2n) is 6.40. The Kier molecular flexibility index (Phi) is 8.79. The molecule has 0 saturated carbocycles. The zero-order valence-corrected chi connectivity index (χ0v) is 16.0. The Balaban J connectivity index is 2.73. The van der Waals surface area contributed by atoms with Gasteiger partial charge in [-0.3, -0.25) is 9.59 Å². The van der Waals surface area contributed by atoms with Gasteiger partial charge in [0, 0.05) is 0 Å². The lowest BCUT2D eigenvalue weighted by Crippen LogP contribution is -2.41. The fourth-order valence-electron chi connectivity index (χ4n) is 2.64. The zero-order valence-electron chi connectivity index (χ0n) is 16.0. The minimum Gasteiger partial charge on any atom is -0.465 e. The van der Waals surface area contributed by atoms with Crippen LogP contribution >= 0.6 is 0 Å². The Morgan fingerprint density at radius 2 is 1.44 bits per heavy atom.